The van der Waals surface area contributed by atoms with E-state index in [1.165, 1.54) is 0 Å². The van der Waals surface area contributed by atoms with Crippen LogP contribution in [0.25, 0.3) is 5.69 Å². The van der Waals surface area contributed by atoms with Crippen molar-refractivity contribution in [3.05, 3.63) is 69.9 Å². The van der Waals surface area contributed by atoms with Crippen LogP contribution >= 0.6 is 23.4 Å². The van der Waals surface area contributed by atoms with Gasteiger partial charge in [0.25, 0.3) is 0 Å². The molecule has 0 aliphatic carbocycles. The van der Waals surface area contributed by atoms with Gasteiger partial charge in [-0.2, -0.15) is 5.10 Å². The molecule has 0 saturated heterocycles. The number of benzene rings is 2. The number of aromatic nitrogens is 2. The average Bonchev–Trinajstić information content (AvgIpc) is 2.90. The van der Waals surface area contributed by atoms with E-state index in [-0.39, 0.29) is 11.2 Å². The second-order valence-corrected chi connectivity index (χ2v) is 8.17. The minimum absolute atomic E-state index is 0.0528. The van der Waals surface area contributed by atoms with Crippen LogP contribution in [0.1, 0.15) is 27.6 Å². The lowest BCUT2D eigenvalue weighted by molar-refractivity contribution is -0.113. The molecular formula is C21H20ClN3O2S. The highest BCUT2D eigenvalue weighted by molar-refractivity contribution is 8.00. The zero-order valence-electron chi connectivity index (χ0n) is 15.8. The van der Waals surface area contributed by atoms with Crippen molar-refractivity contribution in [2.75, 3.05) is 18.2 Å². The van der Waals surface area contributed by atoms with Crippen molar-refractivity contribution in [3.63, 3.8) is 0 Å². The van der Waals surface area contributed by atoms with Crippen LogP contribution in [-0.2, 0) is 4.79 Å². The fourth-order valence-electron chi connectivity index (χ4n) is 3.41. The van der Waals surface area contributed by atoms with Gasteiger partial charge in [0.2, 0.25) is 5.91 Å². The molecule has 0 radical (unpaired) electrons. The predicted octanol–water partition coefficient (Wildman–Crippen LogP) is 4.93. The smallest absolute Gasteiger partial charge is 0.235 e. The zero-order chi connectivity index (χ0) is 19.8. The van der Waals surface area contributed by atoms with Gasteiger partial charge in [-0.3, -0.25) is 4.79 Å². The number of carbonyl (C=O) groups excluding carboxylic acids is 1. The van der Waals surface area contributed by atoms with E-state index < -0.39 is 0 Å². The topological polar surface area (TPSA) is 56.1 Å². The summed E-state index contributed by atoms with van der Waals surface area (Å²) in [5.41, 5.74) is 4.67. The first-order valence-electron chi connectivity index (χ1n) is 8.90. The average molecular weight is 414 g/mol. The van der Waals surface area contributed by atoms with Crippen molar-refractivity contribution in [2.24, 2.45) is 0 Å². The molecule has 1 atom stereocenters. The number of hydrogen-bond donors (Lipinski definition) is 1. The van der Waals surface area contributed by atoms with Crippen LogP contribution < -0.4 is 10.1 Å². The molecule has 3 aromatic rings. The van der Waals surface area contributed by atoms with Crippen molar-refractivity contribution >= 4 is 35.1 Å². The van der Waals surface area contributed by atoms with Gasteiger partial charge in [0.15, 0.2) is 0 Å². The van der Waals surface area contributed by atoms with Crippen molar-refractivity contribution in [3.8, 4) is 11.4 Å². The van der Waals surface area contributed by atoms with Gasteiger partial charge in [-0.15, -0.1) is 11.8 Å². The number of aryl methyl sites for hydroxylation is 2. The third kappa shape index (κ3) is 3.27. The summed E-state index contributed by atoms with van der Waals surface area (Å²) in [6.07, 6.45) is 0. The minimum Gasteiger partial charge on any atom is -0.496 e. The second-order valence-electron chi connectivity index (χ2n) is 6.67. The Labute approximate surface area is 173 Å². The molecule has 1 aromatic heterocycles. The number of methoxy groups -OCH3 is 1. The fraction of sp³-hybridized carbons (Fsp3) is 0.238. The first-order valence-corrected chi connectivity index (χ1v) is 10.3. The number of amides is 1. The summed E-state index contributed by atoms with van der Waals surface area (Å²) in [4.78, 5) is 12.5. The standard InChI is InChI=1S/C21H20ClN3O2S/c1-12-8-9-14(10-16(12)22)25-21-19(13(2)24-25)20(28-11-18(26)23-21)15-6-4-5-7-17(15)27-3/h4-10,20H,11H2,1-3H3,(H,23,26)/t20-/m0/s1. The van der Waals surface area contributed by atoms with E-state index >= 15 is 0 Å². The Bertz CT molecular complexity index is 1060. The molecule has 1 N–H and O–H groups in total. The second kappa shape index (κ2) is 7.53. The summed E-state index contributed by atoms with van der Waals surface area (Å²) in [5, 5.41) is 8.36. The minimum atomic E-state index is -0.0697. The zero-order valence-corrected chi connectivity index (χ0v) is 17.4. The molecule has 0 spiro atoms. The molecule has 0 fully saturated rings. The van der Waals surface area contributed by atoms with Crippen molar-refractivity contribution in [1.82, 2.24) is 9.78 Å². The molecule has 2 aromatic carbocycles. The molecule has 144 valence electrons. The van der Waals surface area contributed by atoms with Gasteiger partial charge in [-0.05, 0) is 37.6 Å². The quantitative estimate of drug-likeness (QED) is 0.661. The molecule has 2 heterocycles. The lowest BCUT2D eigenvalue weighted by Crippen LogP contribution is -2.15. The molecule has 0 unspecified atom stereocenters. The fourth-order valence-corrected chi connectivity index (χ4v) is 4.80. The van der Waals surface area contributed by atoms with Crippen molar-refractivity contribution < 1.29 is 9.53 Å². The largest absolute Gasteiger partial charge is 0.496 e. The van der Waals surface area contributed by atoms with Gasteiger partial charge in [0, 0.05) is 16.1 Å². The number of para-hydroxylation sites is 1. The molecule has 4 rings (SSSR count). The third-order valence-corrected chi connectivity index (χ3v) is 6.49. The van der Waals surface area contributed by atoms with Gasteiger partial charge in [-0.1, -0.05) is 35.9 Å². The van der Waals surface area contributed by atoms with Crippen LogP contribution in [0.5, 0.6) is 5.75 Å². The van der Waals surface area contributed by atoms with Gasteiger partial charge in [0.1, 0.15) is 11.6 Å². The number of anilines is 1. The number of carbonyl (C=O) groups is 1. The number of ether oxygens (including phenoxy) is 1. The molecule has 1 amide bonds. The van der Waals surface area contributed by atoms with Gasteiger partial charge >= 0.3 is 0 Å². The maximum absolute atomic E-state index is 12.5. The van der Waals surface area contributed by atoms with Crippen LogP contribution in [0.2, 0.25) is 5.02 Å². The Kier molecular flexibility index (Phi) is 5.08. The Morgan fingerprint density at radius 2 is 2.04 bits per heavy atom. The summed E-state index contributed by atoms with van der Waals surface area (Å²) < 4.78 is 7.34. The Hall–Kier alpha value is -2.44. The summed E-state index contributed by atoms with van der Waals surface area (Å²) >= 11 is 7.90. The van der Waals surface area contributed by atoms with E-state index in [4.69, 9.17) is 21.4 Å². The van der Waals surface area contributed by atoms with E-state index in [9.17, 15) is 4.79 Å². The molecule has 5 nitrogen and oxygen atoms in total. The number of thioether (sulfide) groups is 1. The summed E-state index contributed by atoms with van der Waals surface area (Å²) in [5.74, 6) is 1.78. The Morgan fingerprint density at radius 1 is 1.25 bits per heavy atom. The van der Waals surface area contributed by atoms with E-state index in [0.717, 1.165) is 33.8 Å². The Balaban J connectivity index is 1.91. The van der Waals surface area contributed by atoms with Crippen molar-refractivity contribution in [1.29, 1.82) is 0 Å². The number of nitrogens with zero attached hydrogens (tertiary/aromatic N) is 2. The first-order chi connectivity index (χ1) is 13.5. The van der Waals surface area contributed by atoms with E-state index in [2.05, 4.69) is 5.32 Å². The third-order valence-electron chi connectivity index (χ3n) is 4.83. The highest BCUT2D eigenvalue weighted by Crippen LogP contribution is 2.46. The molecule has 7 heteroatoms. The lowest BCUT2D eigenvalue weighted by atomic mass is 10.0. The highest BCUT2D eigenvalue weighted by atomic mass is 35.5. The molecule has 1 aliphatic rings. The van der Waals surface area contributed by atoms with Gasteiger partial charge in [0.05, 0.1) is 29.5 Å². The number of rotatable bonds is 3. The van der Waals surface area contributed by atoms with Crippen LogP contribution in [-0.4, -0.2) is 28.6 Å². The maximum Gasteiger partial charge on any atom is 0.235 e. The molecular weight excluding hydrogens is 394 g/mol. The van der Waals surface area contributed by atoms with E-state index in [1.54, 1.807) is 23.6 Å². The summed E-state index contributed by atoms with van der Waals surface area (Å²) in [7, 11) is 1.66. The molecule has 1 aliphatic heterocycles. The van der Waals surface area contributed by atoms with Gasteiger partial charge in [-0.25, -0.2) is 4.68 Å². The highest BCUT2D eigenvalue weighted by Gasteiger charge is 2.32. The van der Waals surface area contributed by atoms with Crippen LogP contribution in [0.3, 0.4) is 0 Å². The molecule has 28 heavy (non-hydrogen) atoms. The SMILES string of the molecule is COc1ccccc1[C@@H]1SCC(=O)Nc2c1c(C)nn2-c1ccc(C)c(Cl)c1. The first kappa shape index (κ1) is 18.9. The number of nitrogens with one attached hydrogen (secondary N) is 1. The van der Waals surface area contributed by atoms with Crippen LogP contribution in [0.15, 0.2) is 42.5 Å². The van der Waals surface area contributed by atoms with Crippen LogP contribution in [0, 0.1) is 13.8 Å². The molecule has 0 bridgehead atoms. The number of fused-ring (bicyclic) bond motifs is 1. The number of hydrogen-bond acceptors (Lipinski definition) is 4. The number of halogens is 1. The van der Waals surface area contributed by atoms with E-state index in [0.29, 0.717) is 16.6 Å². The lowest BCUT2D eigenvalue weighted by Gasteiger charge is -2.18. The van der Waals surface area contributed by atoms with E-state index in [1.807, 2.05) is 56.3 Å². The van der Waals surface area contributed by atoms with Gasteiger partial charge < -0.3 is 10.1 Å². The predicted molar refractivity (Wildman–Crippen MR) is 114 cm³/mol. The molecule has 0 saturated carbocycles. The summed E-state index contributed by atoms with van der Waals surface area (Å²) in [6, 6.07) is 13.7. The van der Waals surface area contributed by atoms with Crippen LogP contribution in [0.4, 0.5) is 5.82 Å². The monoisotopic (exact) mass is 413 g/mol. The summed E-state index contributed by atoms with van der Waals surface area (Å²) in [6.45, 7) is 3.92. The normalized spacial score (nSPS) is 16.3. The van der Waals surface area contributed by atoms with Crippen molar-refractivity contribution in [2.45, 2.75) is 19.1 Å². The Morgan fingerprint density at radius 3 is 2.79 bits per heavy atom. The maximum atomic E-state index is 12.5.